The topological polar surface area (TPSA) is 94.3 Å². The number of carbonyl (C=O) groups is 2. The number of aromatic nitrogens is 2. The van der Waals surface area contributed by atoms with Crippen LogP contribution in [-0.4, -0.2) is 28.6 Å². The van der Waals surface area contributed by atoms with Gasteiger partial charge in [0, 0.05) is 22.5 Å². The second-order valence-corrected chi connectivity index (χ2v) is 8.11. The van der Waals surface area contributed by atoms with E-state index in [-0.39, 0.29) is 5.56 Å². The molecule has 7 nitrogen and oxygen atoms in total. The van der Waals surface area contributed by atoms with Crippen LogP contribution in [0.1, 0.15) is 21.8 Å². The number of benzene rings is 1. The number of esters is 1. The molecular weight excluding hydrogens is 482 g/mol. The van der Waals surface area contributed by atoms with E-state index in [2.05, 4.69) is 31.4 Å². The highest BCUT2D eigenvalue weighted by Crippen LogP contribution is 2.26. The molecular formula is C19H15BrClN3O4S. The molecule has 0 saturated carbocycles. The molecule has 0 fully saturated rings. The first-order chi connectivity index (χ1) is 13.9. The van der Waals surface area contributed by atoms with Crippen LogP contribution in [0, 0.1) is 6.92 Å². The summed E-state index contributed by atoms with van der Waals surface area (Å²) >= 11 is 10.7. The second-order valence-electron chi connectivity index (χ2n) is 5.82. The van der Waals surface area contributed by atoms with Gasteiger partial charge in [-0.2, -0.15) is 0 Å². The molecule has 2 heterocycles. The van der Waals surface area contributed by atoms with E-state index in [4.69, 9.17) is 20.9 Å². The molecule has 0 aliphatic heterocycles. The van der Waals surface area contributed by atoms with Gasteiger partial charge >= 0.3 is 5.97 Å². The molecule has 1 amide bonds. The number of nitrogens with one attached hydrogen (secondary N) is 1. The lowest BCUT2D eigenvalue weighted by Crippen LogP contribution is -2.21. The number of rotatable bonds is 7. The molecule has 0 unspecified atom stereocenters. The molecule has 0 spiro atoms. The van der Waals surface area contributed by atoms with Gasteiger partial charge in [-0.3, -0.25) is 4.79 Å². The quantitative estimate of drug-likeness (QED) is 0.368. The number of anilines is 1. The average molecular weight is 497 g/mol. The molecule has 3 aromatic rings. The Balaban J connectivity index is 1.58. The van der Waals surface area contributed by atoms with E-state index in [1.54, 1.807) is 43.5 Å². The fourth-order valence-electron chi connectivity index (χ4n) is 2.28. The minimum absolute atomic E-state index is 0.271. The zero-order valence-corrected chi connectivity index (χ0v) is 18.3. The Morgan fingerprint density at radius 2 is 2.14 bits per heavy atom. The van der Waals surface area contributed by atoms with E-state index in [0.717, 1.165) is 10.2 Å². The summed E-state index contributed by atoms with van der Waals surface area (Å²) in [5.41, 5.74) is 1.44. The lowest BCUT2D eigenvalue weighted by atomic mass is 10.3. The van der Waals surface area contributed by atoms with Gasteiger partial charge in [0.15, 0.2) is 6.61 Å². The van der Waals surface area contributed by atoms with Gasteiger partial charge in [-0.25, -0.2) is 9.78 Å². The largest absolute Gasteiger partial charge is 0.452 e. The molecule has 1 aromatic carbocycles. The van der Waals surface area contributed by atoms with Crippen molar-refractivity contribution in [2.75, 3.05) is 11.9 Å². The molecule has 2 aromatic heterocycles. The highest BCUT2D eigenvalue weighted by Gasteiger charge is 2.17. The van der Waals surface area contributed by atoms with E-state index < -0.39 is 18.5 Å². The maximum atomic E-state index is 12.4. The third kappa shape index (κ3) is 6.06. The van der Waals surface area contributed by atoms with Crippen molar-refractivity contribution in [3.05, 3.63) is 69.1 Å². The van der Waals surface area contributed by atoms with Gasteiger partial charge in [0.2, 0.25) is 0 Å². The number of amides is 1. The first kappa shape index (κ1) is 21.4. The Labute approximate surface area is 184 Å². The van der Waals surface area contributed by atoms with Crippen LogP contribution in [0.5, 0.6) is 0 Å². The smallest absolute Gasteiger partial charge is 0.341 e. The van der Waals surface area contributed by atoms with Crippen LogP contribution in [0.2, 0.25) is 5.02 Å². The summed E-state index contributed by atoms with van der Waals surface area (Å²) in [7, 11) is 0. The third-order valence-electron chi connectivity index (χ3n) is 3.56. The summed E-state index contributed by atoms with van der Waals surface area (Å²) in [4.78, 5) is 28.7. The minimum Gasteiger partial charge on any atom is -0.452 e. The van der Waals surface area contributed by atoms with Crippen LogP contribution < -0.4 is 5.32 Å². The Kier molecular flexibility index (Phi) is 7.29. The molecule has 150 valence electrons. The normalized spacial score (nSPS) is 10.6. The molecule has 1 N–H and O–H groups in total. The summed E-state index contributed by atoms with van der Waals surface area (Å²) in [6.07, 6.45) is 1.58. The average Bonchev–Trinajstić information content (AvgIpc) is 3.12. The van der Waals surface area contributed by atoms with Gasteiger partial charge < -0.3 is 14.6 Å². The number of aryl methyl sites for hydroxylation is 1. The molecule has 0 aliphatic carbocycles. The number of ether oxygens (including phenoxy) is 1. The van der Waals surface area contributed by atoms with Crippen LogP contribution in [-0.2, 0) is 15.3 Å². The van der Waals surface area contributed by atoms with Crippen molar-refractivity contribution < 1.29 is 18.8 Å². The summed E-state index contributed by atoms with van der Waals surface area (Å²) in [6, 6.07) is 10.1. The van der Waals surface area contributed by atoms with E-state index in [1.165, 1.54) is 11.8 Å². The van der Waals surface area contributed by atoms with Gasteiger partial charge in [-0.15, -0.1) is 0 Å². The first-order valence-electron chi connectivity index (χ1n) is 8.34. The third-order valence-corrected chi connectivity index (χ3v) is 5.41. The SMILES string of the molecule is Cc1cc(CSc2ncccc2C(=O)OCC(=O)Nc2ccc(Br)cc2Cl)no1. The van der Waals surface area contributed by atoms with Crippen molar-refractivity contribution in [2.45, 2.75) is 17.7 Å². The fraction of sp³-hybridized carbons (Fsp3) is 0.158. The Morgan fingerprint density at radius 1 is 1.31 bits per heavy atom. The molecule has 0 saturated heterocycles. The van der Waals surface area contributed by atoms with Crippen LogP contribution in [0.25, 0.3) is 0 Å². The monoisotopic (exact) mass is 495 g/mol. The van der Waals surface area contributed by atoms with Crippen LogP contribution in [0.4, 0.5) is 5.69 Å². The second kappa shape index (κ2) is 9.91. The van der Waals surface area contributed by atoms with Gasteiger partial charge in [-0.05, 0) is 37.3 Å². The minimum atomic E-state index is -0.644. The molecule has 0 bridgehead atoms. The Morgan fingerprint density at radius 3 is 2.86 bits per heavy atom. The molecule has 0 aliphatic rings. The van der Waals surface area contributed by atoms with Crippen molar-refractivity contribution >= 4 is 56.9 Å². The van der Waals surface area contributed by atoms with Crippen molar-refractivity contribution in [3.8, 4) is 0 Å². The van der Waals surface area contributed by atoms with Crippen molar-refractivity contribution in [1.29, 1.82) is 0 Å². The lowest BCUT2D eigenvalue weighted by molar-refractivity contribution is -0.119. The van der Waals surface area contributed by atoms with Gasteiger partial charge in [-0.1, -0.05) is 44.4 Å². The molecule has 0 radical (unpaired) electrons. The summed E-state index contributed by atoms with van der Waals surface area (Å²) in [5, 5.41) is 7.36. The zero-order valence-electron chi connectivity index (χ0n) is 15.1. The maximum absolute atomic E-state index is 12.4. The van der Waals surface area contributed by atoms with Gasteiger partial charge in [0.1, 0.15) is 10.8 Å². The van der Waals surface area contributed by atoms with Crippen LogP contribution >= 0.6 is 39.3 Å². The number of thioether (sulfide) groups is 1. The van der Waals surface area contributed by atoms with E-state index >= 15 is 0 Å². The predicted octanol–water partition coefficient (Wildman–Crippen LogP) is 4.88. The fourth-order valence-corrected chi connectivity index (χ4v) is 3.86. The Hall–Kier alpha value is -2.36. The van der Waals surface area contributed by atoms with Gasteiger partial charge in [0.25, 0.3) is 5.91 Å². The number of pyridine rings is 1. The molecule has 10 heteroatoms. The number of nitrogens with zero attached hydrogens (tertiary/aromatic N) is 2. The first-order valence-corrected chi connectivity index (χ1v) is 10.5. The number of hydrogen-bond acceptors (Lipinski definition) is 7. The van der Waals surface area contributed by atoms with Crippen LogP contribution in [0.3, 0.4) is 0 Å². The van der Waals surface area contributed by atoms with Crippen LogP contribution in [0.15, 0.2) is 56.6 Å². The lowest BCUT2D eigenvalue weighted by Gasteiger charge is -2.09. The molecule has 3 rings (SSSR count). The molecule has 0 atom stereocenters. The van der Waals surface area contributed by atoms with Crippen molar-refractivity contribution in [3.63, 3.8) is 0 Å². The molecule has 29 heavy (non-hydrogen) atoms. The standard InChI is InChI=1S/C19H15BrClN3O4S/c1-11-7-13(24-28-11)10-29-18-14(3-2-6-22-18)19(26)27-9-17(25)23-16-5-4-12(20)8-15(16)21/h2-8H,9-10H2,1H3,(H,23,25). The summed E-state index contributed by atoms with van der Waals surface area (Å²) in [5.74, 6) is 0.0443. The number of halogens is 2. The van der Waals surface area contributed by atoms with Crippen molar-refractivity contribution in [1.82, 2.24) is 10.1 Å². The van der Waals surface area contributed by atoms with E-state index in [1.807, 2.05) is 6.07 Å². The number of hydrogen-bond donors (Lipinski definition) is 1. The predicted molar refractivity (Wildman–Crippen MR) is 113 cm³/mol. The van der Waals surface area contributed by atoms with E-state index in [0.29, 0.717) is 27.2 Å². The maximum Gasteiger partial charge on any atom is 0.341 e. The van der Waals surface area contributed by atoms with Crippen molar-refractivity contribution in [2.24, 2.45) is 0 Å². The van der Waals surface area contributed by atoms with E-state index in [9.17, 15) is 9.59 Å². The Bertz CT molecular complexity index is 1040. The number of carbonyl (C=O) groups excluding carboxylic acids is 2. The highest BCUT2D eigenvalue weighted by molar-refractivity contribution is 9.10. The highest BCUT2D eigenvalue weighted by atomic mass is 79.9. The summed E-state index contributed by atoms with van der Waals surface area (Å²) in [6.45, 7) is 1.35. The zero-order chi connectivity index (χ0) is 20.8. The summed E-state index contributed by atoms with van der Waals surface area (Å²) < 4.78 is 10.9. The van der Waals surface area contributed by atoms with Gasteiger partial charge in [0.05, 0.1) is 22.0 Å².